The van der Waals surface area contributed by atoms with E-state index in [2.05, 4.69) is 51.9 Å². The number of nitrogens with zero attached hydrogens (tertiary/aromatic N) is 4. The summed E-state index contributed by atoms with van der Waals surface area (Å²) in [5.41, 5.74) is 8.09. The van der Waals surface area contributed by atoms with Gasteiger partial charge in [0.05, 0.1) is 17.9 Å². The van der Waals surface area contributed by atoms with Gasteiger partial charge in [-0.15, -0.1) is 0 Å². The molecule has 31 heavy (non-hydrogen) atoms. The van der Waals surface area contributed by atoms with Crippen LogP contribution in [0.25, 0.3) is 33.3 Å². The normalized spacial score (nSPS) is 16.3. The molecule has 0 spiro atoms. The fraction of sp³-hybridized carbons (Fsp3) is 0.240. The quantitative estimate of drug-likeness (QED) is 0.544. The molecule has 1 aliphatic carbocycles. The van der Waals surface area contributed by atoms with Crippen molar-refractivity contribution in [3.63, 3.8) is 0 Å². The number of nitrogens with one attached hydrogen (secondary N) is 1. The number of amides is 1. The van der Waals surface area contributed by atoms with Crippen molar-refractivity contribution in [2.24, 2.45) is 13.0 Å². The Morgan fingerprint density at radius 3 is 2.52 bits per heavy atom. The predicted molar refractivity (Wildman–Crippen MR) is 122 cm³/mol. The fourth-order valence-corrected chi connectivity index (χ4v) is 4.45. The first-order valence-electron chi connectivity index (χ1n) is 10.6. The number of aromatic nitrogens is 4. The van der Waals surface area contributed by atoms with E-state index in [1.807, 2.05) is 47.1 Å². The summed E-state index contributed by atoms with van der Waals surface area (Å²) in [4.78, 5) is 12.0. The van der Waals surface area contributed by atoms with Crippen LogP contribution in [-0.4, -0.2) is 32.3 Å². The van der Waals surface area contributed by atoms with Crippen LogP contribution in [0, 0.1) is 5.92 Å². The lowest BCUT2D eigenvalue weighted by Gasteiger charge is -2.21. The van der Waals surface area contributed by atoms with Gasteiger partial charge >= 0.3 is 0 Å². The molecule has 1 N–H and O–H groups in total. The third kappa shape index (κ3) is 3.54. The van der Waals surface area contributed by atoms with E-state index in [0.717, 1.165) is 47.0 Å². The summed E-state index contributed by atoms with van der Waals surface area (Å²) in [5, 5.41) is 11.6. The number of hydrogen-bond donors (Lipinski definition) is 1. The molecule has 5 rings (SSSR count). The first-order chi connectivity index (χ1) is 15.1. The van der Waals surface area contributed by atoms with Gasteiger partial charge in [0.1, 0.15) is 0 Å². The number of benzene rings is 1. The van der Waals surface area contributed by atoms with Crippen molar-refractivity contribution in [3.05, 3.63) is 72.8 Å². The summed E-state index contributed by atoms with van der Waals surface area (Å²) >= 11 is 0. The van der Waals surface area contributed by atoms with Crippen molar-refractivity contribution in [3.8, 4) is 22.3 Å². The van der Waals surface area contributed by atoms with E-state index in [1.54, 1.807) is 7.05 Å². The molecule has 3 aromatic heterocycles. The molecule has 0 aliphatic heterocycles. The molecule has 6 nitrogen and oxygen atoms in total. The molecule has 1 atom stereocenters. The minimum absolute atomic E-state index is 0.0675. The van der Waals surface area contributed by atoms with Gasteiger partial charge in [0, 0.05) is 49.1 Å². The third-order valence-electron chi connectivity index (χ3n) is 6.15. The Hall–Kier alpha value is -3.67. The third-order valence-corrected chi connectivity index (χ3v) is 6.15. The maximum atomic E-state index is 12.0. The molecule has 0 saturated carbocycles. The average molecular weight is 412 g/mol. The van der Waals surface area contributed by atoms with Gasteiger partial charge in [-0.3, -0.25) is 9.48 Å². The first kappa shape index (κ1) is 19.3. The van der Waals surface area contributed by atoms with Crippen molar-refractivity contribution >= 4 is 17.0 Å². The molecule has 1 aliphatic rings. The number of rotatable bonds is 4. The first-order valence-corrected chi connectivity index (χ1v) is 10.6. The molecule has 0 bridgehead atoms. The van der Waals surface area contributed by atoms with Gasteiger partial charge in [-0.1, -0.05) is 36.4 Å². The molecule has 0 fully saturated rings. The van der Waals surface area contributed by atoms with Crippen LogP contribution in [0.3, 0.4) is 0 Å². The molecule has 4 aromatic rings. The summed E-state index contributed by atoms with van der Waals surface area (Å²) in [7, 11) is 3.63. The van der Waals surface area contributed by atoms with Crippen LogP contribution in [0.4, 0.5) is 0 Å². The maximum absolute atomic E-state index is 12.0. The Kier molecular flexibility index (Phi) is 4.90. The fourth-order valence-electron chi connectivity index (χ4n) is 4.45. The minimum atomic E-state index is 0.0675. The number of hydrogen-bond acceptors (Lipinski definition) is 3. The Morgan fingerprint density at radius 2 is 1.84 bits per heavy atom. The summed E-state index contributed by atoms with van der Waals surface area (Å²) in [6.07, 6.45) is 12.6. The molecular formula is C25H25N5O. The molecule has 6 heteroatoms. The van der Waals surface area contributed by atoms with Crippen molar-refractivity contribution in [2.45, 2.75) is 19.3 Å². The highest BCUT2D eigenvalue weighted by molar-refractivity contribution is 5.91. The average Bonchev–Trinajstić information content (AvgIpc) is 3.45. The van der Waals surface area contributed by atoms with E-state index in [0.29, 0.717) is 0 Å². The second kappa shape index (κ2) is 7.87. The molecule has 0 saturated heterocycles. The van der Waals surface area contributed by atoms with Gasteiger partial charge < -0.3 is 5.32 Å². The van der Waals surface area contributed by atoms with Gasteiger partial charge in [-0.25, -0.2) is 4.52 Å². The van der Waals surface area contributed by atoms with Gasteiger partial charge in [0.15, 0.2) is 0 Å². The van der Waals surface area contributed by atoms with Crippen LogP contribution < -0.4 is 5.32 Å². The number of pyridine rings is 1. The Labute approximate surface area is 181 Å². The molecular weight excluding hydrogens is 386 g/mol. The number of aryl methyl sites for hydroxylation is 1. The number of carbonyl (C=O) groups is 1. The van der Waals surface area contributed by atoms with E-state index in [4.69, 9.17) is 0 Å². The van der Waals surface area contributed by atoms with Crippen molar-refractivity contribution in [1.29, 1.82) is 0 Å². The molecule has 1 aromatic carbocycles. The summed E-state index contributed by atoms with van der Waals surface area (Å²) in [5.74, 6) is 0.199. The molecule has 0 radical (unpaired) electrons. The van der Waals surface area contributed by atoms with Crippen LogP contribution >= 0.6 is 0 Å². The van der Waals surface area contributed by atoms with E-state index in [9.17, 15) is 4.79 Å². The number of fused-ring (bicyclic) bond motifs is 1. The van der Waals surface area contributed by atoms with Gasteiger partial charge in [0.2, 0.25) is 5.91 Å². The lowest BCUT2D eigenvalue weighted by Crippen LogP contribution is -2.28. The second-order valence-electron chi connectivity index (χ2n) is 8.07. The van der Waals surface area contributed by atoms with E-state index in [1.165, 1.54) is 11.1 Å². The lowest BCUT2D eigenvalue weighted by molar-refractivity contribution is -0.124. The topological polar surface area (TPSA) is 64.2 Å². The second-order valence-corrected chi connectivity index (χ2v) is 8.07. The van der Waals surface area contributed by atoms with Gasteiger partial charge in [-0.2, -0.15) is 10.2 Å². The van der Waals surface area contributed by atoms with Crippen molar-refractivity contribution in [1.82, 2.24) is 24.7 Å². The highest BCUT2D eigenvalue weighted by Crippen LogP contribution is 2.36. The molecule has 1 amide bonds. The minimum Gasteiger partial charge on any atom is -0.359 e. The van der Waals surface area contributed by atoms with Crippen LogP contribution in [0.2, 0.25) is 0 Å². The predicted octanol–water partition coefficient (Wildman–Crippen LogP) is 4.33. The Morgan fingerprint density at radius 1 is 1.03 bits per heavy atom. The molecule has 156 valence electrons. The zero-order chi connectivity index (χ0) is 21.4. The molecule has 3 heterocycles. The number of carbonyl (C=O) groups excluding carboxylic acids is 1. The van der Waals surface area contributed by atoms with Crippen LogP contribution in [0.5, 0.6) is 0 Å². The maximum Gasteiger partial charge on any atom is 0.223 e. The molecule has 1 unspecified atom stereocenters. The van der Waals surface area contributed by atoms with Crippen molar-refractivity contribution < 1.29 is 4.79 Å². The number of allylic oxidation sites excluding steroid dienone is 2. The zero-order valence-corrected chi connectivity index (χ0v) is 17.7. The summed E-state index contributed by atoms with van der Waals surface area (Å²) in [6, 6.07) is 12.8. The van der Waals surface area contributed by atoms with Crippen molar-refractivity contribution in [2.75, 3.05) is 7.05 Å². The Balaban J connectivity index is 1.51. The SMILES string of the molecule is CNC(=O)C1CC=C(c2cccn3ncc(-c4ccc(-c5cnn(C)c5)cc4)c23)CC1. The van der Waals surface area contributed by atoms with E-state index in [-0.39, 0.29) is 11.8 Å². The van der Waals surface area contributed by atoms with E-state index < -0.39 is 0 Å². The van der Waals surface area contributed by atoms with Crippen LogP contribution in [0.1, 0.15) is 24.8 Å². The largest absolute Gasteiger partial charge is 0.359 e. The smallest absolute Gasteiger partial charge is 0.223 e. The van der Waals surface area contributed by atoms with Crippen LogP contribution in [-0.2, 0) is 11.8 Å². The summed E-state index contributed by atoms with van der Waals surface area (Å²) in [6.45, 7) is 0. The van der Waals surface area contributed by atoms with Crippen LogP contribution in [0.15, 0.2) is 67.3 Å². The standard InChI is InChI=1S/C25H25N5O/c1-26-25(31)20-11-9-18(10-12-20)22-4-3-13-30-24(22)23(15-28-30)19-7-5-17(6-8-19)21-14-27-29(2)16-21/h3-9,13-16,20H,10-12H2,1-2H3,(H,26,31). The van der Waals surface area contributed by atoms with E-state index >= 15 is 0 Å². The Bertz CT molecular complexity index is 1280. The highest BCUT2D eigenvalue weighted by atomic mass is 16.1. The lowest BCUT2D eigenvalue weighted by atomic mass is 9.85. The monoisotopic (exact) mass is 411 g/mol. The highest BCUT2D eigenvalue weighted by Gasteiger charge is 2.23. The zero-order valence-electron chi connectivity index (χ0n) is 17.7. The van der Waals surface area contributed by atoms with Gasteiger partial charge in [0.25, 0.3) is 0 Å². The summed E-state index contributed by atoms with van der Waals surface area (Å²) < 4.78 is 3.76. The van der Waals surface area contributed by atoms with Gasteiger partial charge in [-0.05, 0) is 42.0 Å².